The number of hydrogen-bond acceptors (Lipinski definition) is 4. The van der Waals surface area contributed by atoms with Crippen molar-refractivity contribution < 1.29 is 23.1 Å². The van der Waals surface area contributed by atoms with Crippen LogP contribution in [0.25, 0.3) is 0 Å². The lowest BCUT2D eigenvalue weighted by atomic mass is 9.82. The third-order valence-electron chi connectivity index (χ3n) is 7.81. The molecule has 0 aliphatic heterocycles. The van der Waals surface area contributed by atoms with Crippen molar-refractivity contribution in [2.75, 3.05) is 11.9 Å². The van der Waals surface area contributed by atoms with Gasteiger partial charge in [-0.3, -0.25) is 4.79 Å². The number of rotatable bonds is 9. The molecular weight excluding hydrogens is 517 g/mol. The van der Waals surface area contributed by atoms with E-state index in [1.807, 2.05) is 36.4 Å². The number of nitrogens with one attached hydrogen (secondary N) is 1. The van der Waals surface area contributed by atoms with E-state index in [-0.39, 0.29) is 12.2 Å². The van der Waals surface area contributed by atoms with Crippen molar-refractivity contribution in [1.29, 1.82) is 0 Å². The van der Waals surface area contributed by atoms with Gasteiger partial charge in [0, 0.05) is 18.3 Å². The molecule has 2 aliphatic rings. The SMILES string of the molecule is CC1(n2nc(C(F)(F)F)cc2C(=O)Nc2cccc(C(O)(CCC3CC3)c3ccccc3)c2)C=CC=C(CN)C1. The molecule has 1 fully saturated rings. The lowest BCUT2D eigenvalue weighted by Crippen LogP contribution is -2.35. The molecule has 6 nitrogen and oxygen atoms in total. The van der Waals surface area contributed by atoms with Crippen molar-refractivity contribution in [3.63, 3.8) is 0 Å². The van der Waals surface area contributed by atoms with Crippen molar-refractivity contribution in [3.05, 3.63) is 107 Å². The molecule has 5 rings (SSSR count). The number of aliphatic hydroxyl groups is 1. The number of amides is 1. The molecule has 210 valence electrons. The lowest BCUT2D eigenvalue weighted by molar-refractivity contribution is -0.141. The van der Waals surface area contributed by atoms with Crippen LogP contribution >= 0.6 is 0 Å². The van der Waals surface area contributed by atoms with Crippen LogP contribution in [-0.2, 0) is 17.3 Å². The largest absolute Gasteiger partial charge is 0.435 e. The summed E-state index contributed by atoms with van der Waals surface area (Å²) < 4.78 is 42.2. The zero-order chi connectivity index (χ0) is 28.5. The van der Waals surface area contributed by atoms with E-state index >= 15 is 0 Å². The first-order valence-corrected chi connectivity index (χ1v) is 13.5. The van der Waals surface area contributed by atoms with Crippen molar-refractivity contribution in [2.24, 2.45) is 11.7 Å². The van der Waals surface area contributed by atoms with E-state index in [1.54, 1.807) is 43.3 Å². The van der Waals surface area contributed by atoms with Crippen molar-refractivity contribution in [2.45, 2.75) is 56.3 Å². The van der Waals surface area contributed by atoms with Gasteiger partial charge >= 0.3 is 6.18 Å². The minimum atomic E-state index is -4.73. The predicted octanol–water partition coefficient (Wildman–Crippen LogP) is 6.14. The molecule has 0 spiro atoms. The van der Waals surface area contributed by atoms with Crippen LogP contribution in [-0.4, -0.2) is 27.3 Å². The van der Waals surface area contributed by atoms with E-state index in [9.17, 15) is 23.1 Å². The predicted molar refractivity (Wildman–Crippen MR) is 148 cm³/mol. The van der Waals surface area contributed by atoms with Crippen molar-refractivity contribution in [3.8, 4) is 0 Å². The van der Waals surface area contributed by atoms with Crippen molar-refractivity contribution >= 4 is 11.6 Å². The fraction of sp³-hybridized carbons (Fsp3) is 0.355. The minimum absolute atomic E-state index is 0.227. The highest BCUT2D eigenvalue weighted by molar-refractivity contribution is 6.03. The zero-order valence-corrected chi connectivity index (χ0v) is 22.3. The molecule has 2 aliphatic carbocycles. The lowest BCUT2D eigenvalue weighted by Gasteiger charge is -2.31. The molecular formula is C31H33F3N4O2. The molecule has 1 heterocycles. The highest BCUT2D eigenvalue weighted by Crippen LogP contribution is 2.41. The molecule has 9 heteroatoms. The third kappa shape index (κ3) is 5.76. The summed E-state index contributed by atoms with van der Waals surface area (Å²) in [6.07, 6.45) is 4.55. The number of anilines is 1. The molecule has 0 bridgehead atoms. The molecule has 0 saturated heterocycles. The highest BCUT2D eigenvalue weighted by Gasteiger charge is 2.40. The van der Waals surface area contributed by atoms with Gasteiger partial charge in [0.15, 0.2) is 5.69 Å². The summed E-state index contributed by atoms with van der Waals surface area (Å²) in [6, 6.07) is 17.0. The Kier molecular flexibility index (Phi) is 7.46. The summed E-state index contributed by atoms with van der Waals surface area (Å²) in [7, 11) is 0. The summed E-state index contributed by atoms with van der Waals surface area (Å²) in [5.74, 6) is -0.133. The van der Waals surface area contributed by atoms with Crippen molar-refractivity contribution in [1.82, 2.24) is 9.78 Å². The first kappa shape index (κ1) is 27.9. The smallest absolute Gasteiger partial charge is 0.380 e. The standard InChI is InChI=1S/C31H33F3N4O2/c1-29(15-6-7-22(19-29)20-35)38-26(18-27(37-38)31(32,33)34)28(39)36-25-11-5-10-24(17-25)30(40,16-14-21-12-13-21)23-8-3-2-4-9-23/h2-11,15,17-18,21,40H,12-14,16,19-20,35H2,1H3,(H,36,39). The Hall–Kier alpha value is -3.69. The van der Waals surface area contributed by atoms with Gasteiger partial charge in [0.2, 0.25) is 0 Å². The Bertz CT molecular complexity index is 1440. The van der Waals surface area contributed by atoms with E-state index in [0.29, 0.717) is 30.0 Å². The summed E-state index contributed by atoms with van der Waals surface area (Å²) >= 11 is 0. The fourth-order valence-corrected chi connectivity index (χ4v) is 5.36. The van der Waals surface area contributed by atoms with Gasteiger partial charge in [-0.25, -0.2) is 4.68 Å². The molecule has 3 aromatic rings. The Balaban J connectivity index is 1.47. The number of aromatic nitrogens is 2. The molecule has 1 saturated carbocycles. The number of allylic oxidation sites excluding steroid dienone is 3. The van der Waals surface area contributed by atoms with Gasteiger partial charge in [0.1, 0.15) is 11.3 Å². The van der Waals surface area contributed by atoms with Crippen LogP contribution in [0.4, 0.5) is 18.9 Å². The van der Waals surface area contributed by atoms with Crippen LogP contribution in [0.5, 0.6) is 0 Å². The van der Waals surface area contributed by atoms with Gasteiger partial charge in [-0.1, -0.05) is 79.1 Å². The monoisotopic (exact) mass is 550 g/mol. The molecule has 1 amide bonds. The number of alkyl halides is 3. The molecule has 1 aromatic heterocycles. The quantitative estimate of drug-likeness (QED) is 0.298. The number of halogens is 3. The highest BCUT2D eigenvalue weighted by atomic mass is 19.4. The number of hydrogen-bond donors (Lipinski definition) is 3. The Labute approximate surface area is 231 Å². The average Bonchev–Trinajstić information content (AvgIpc) is 3.65. The number of nitrogens with two attached hydrogens (primary N) is 1. The molecule has 40 heavy (non-hydrogen) atoms. The van der Waals surface area contributed by atoms with Crippen LogP contribution < -0.4 is 11.1 Å². The molecule has 4 N–H and O–H groups in total. The summed E-state index contributed by atoms with van der Waals surface area (Å²) in [5, 5.41) is 18.5. The zero-order valence-electron chi connectivity index (χ0n) is 22.3. The minimum Gasteiger partial charge on any atom is -0.380 e. The van der Waals surface area contributed by atoms with Crippen LogP contribution in [0.2, 0.25) is 0 Å². The number of carbonyl (C=O) groups excluding carboxylic acids is 1. The summed E-state index contributed by atoms with van der Waals surface area (Å²) in [6.45, 7) is 1.96. The maximum Gasteiger partial charge on any atom is 0.435 e. The first-order valence-electron chi connectivity index (χ1n) is 13.5. The van der Waals surface area contributed by atoms with Crippen LogP contribution in [0.3, 0.4) is 0 Å². The van der Waals surface area contributed by atoms with Gasteiger partial charge in [0.25, 0.3) is 5.91 Å². The topological polar surface area (TPSA) is 93.2 Å². The van der Waals surface area contributed by atoms with E-state index < -0.39 is 28.9 Å². The molecule has 0 radical (unpaired) electrons. The normalized spacial score (nSPS) is 20.6. The van der Waals surface area contributed by atoms with E-state index in [0.717, 1.165) is 41.1 Å². The second kappa shape index (κ2) is 10.7. The number of benzene rings is 2. The average molecular weight is 551 g/mol. The van der Waals surface area contributed by atoms with Gasteiger partial charge in [-0.2, -0.15) is 18.3 Å². The third-order valence-corrected chi connectivity index (χ3v) is 7.81. The second-order valence-corrected chi connectivity index (χ2v) is 11.0. The van der Waals surface area contributed by atoms with E-state index in [2.05, 4.69) is 10.4 Å². The Morgan fingerprint density at radius 1 is 1.12 bits per heavy atom. The second-order valence-electron chi connectivity index (χ2n) is 11.0. The first-order chi connectivity index (χ1) is 19.0. The van der Waals surface area contributed by atoms with Gasteiger partial charge in [-0.15, -0.1) is 0 Å². The van der Waals surface area contributed by atoms with Gasteiger partial charge in [0.05, 0.1) is 5.54 Å². The van der Waals surface area contributed by atoms with E-state index in [4.69, 9.17) is 5.73 Å². The molecule has 2 unspecified atom stereocenters. The maximum absolute atomic E-state index is 13.7. The van der Waals surface area contributed by atoms with Gasteiger partial charge < -0.3 is 16.2 Å². The molecule has 2 aromatic carbocycles. The summed E-state index contributed by atoms with van der Waals surface area (Å²) in [4.78, 5) is 13.5. The van der Waals surface area contributed by atoms with E-state index in [1.165, 1.54) is 0 Å². The Morgan fingerprint density at radius 2 is 1.85 bits per heavy atom. The van der Waals surface area contributed by atoms with Crippen LogP contribution in [0, 0.1) is 5.92 Å². The van der Waals surface area contributed by atoms with Crippen LogP contribution in [0.15, 0.2) is 84.5 Å². The number of carbonyl (C=O) groups is 1. The Morgan fingerprint density at radius 3 is 2.52 bits per heavy atom. The number of nitrogens with zero attached hydrogens (tertiary/aromatic N) is 2. The summed E-state index contributed by atoms with van der Waals surface area (Å²) in [5.41, 5.74) is 4.66. The molecule has 2 atom stereocenters. The van der Waals surface area contributed by atoms with Gasteiger partial charge in [-0.05, 0) is 55.4 Å². The fourth-order valence-electron chi connectivity index (χ4n) is 5.36. The maximum atomic E-state index is 13.7. The van der Waals surface area contributed by atoms with Crippen LogP contribution in [0.1, 0.15) is 66.3 Å².